The Bertz CT molecular complexity index is 868. The Kier molecular flexibility index (Phi) is 6.20. The Balaban J connectivity index is 1.58. The van der Waals surface area contributed by atoms with Gasteiger partial charge in [0.1, 0.15) is 5.75 Å². The van der Waals surface area contributed by atoms with Crippen LogP contribution in [0.4, 0.5) is 11.4 Å². The molecule has 0 spiro atoms. The fourth-order valence-corrected chi connectivity index (χ4v) is 3.34. The molecule has 1 atom stereocenters. The van der Waals surface area contributed by atoms with Crippen LogP contribution in [0.2, 0.25) is 0 Å². The summed E-state index contributed by atoms with van der Waals surface area (Å²) in [6.07, 6.45) is 2.17. The van der Waals surface area contributed by atoms with Gasteiger partial charge in [-0.2, -0.15) is 0 Å². The fraction of sp³-hybridized carbons (Fsp3) is 0.250. The number of benzene rings is 2. The summed E-state index contributed by atoms with van der Waals surface area (Å²) in [5.74, 6) is -0.767. The van der Waals surface area contributed by atoms with Crippen LogP contribution >= 0.6 is 11.8 Å². The van der Waals surface area contributed by atoms with E-state index >= 15 is 0 Å². The van der Waals surface area contributed by atoms with E-state index in [4.69, 9.17) is 10.5 Å². The summed E-state index contributed by atoms with van der Waals surface area (Å²) in [5, 5.41) is 2.82. The van der Waals surface area contributed by atoms with Crippen molar-refractivity contribution in [3.05, 3.63) is 48.5 Å². The molecule has 3 rings (SSSR count). The van der Waals surface area contributed by atoms with Gasteiger partial charge < -0.3 is 20.7 Å². The number of carbonyl (C=O) groups excluding carboxylic acids is 3. The lowest BCUT2D eigenvalue weighted by Gasteiger charge is -2.17. The lowest BCUT2D eigenvalue weighted by atomic mass is 10.1. The van der Waals surface area contributed by atoms with Gasteiger partial charge in [0.25, 0.3) is 5.91 Å². The number of rotatable bonds is 7. The molecule has 0 saturated carbocycles. The maximum Gasteiger partial charge on any atom is 0.255 e. The average molecular weight is 399 g/mol. The summed E-state index contributed by atoms with van der Waals surface area (Å²) >= 11 is 1.63. The molecule has 28 heavy (non-hydrogen) atoms. The number of hydrogen-bond acceptors (Lipinski definition) is 5. The first kappa shape index (κ1) is 19.8. The lowest BCUT2D eigenvalue weighted by molar-refractivity contribution is -0.122. The van der Waals surface area contributed by atoms with Crippen molar-refractivity contribution < 1.29 is 19.1 Å². The molecule has 1 saturated heterocycles. The van der Waals surface area contributed by atoms with E-state index in [0.29, 0.717) is 18.0 Å². The lowest BCUT2D eigenvalue weighted by Crippen LogP contribution is -2.28. The molecule has 0 aliphatic carbocycles. The van der Waals surface area contributed by atoms with Crippen LogP contribution < -0.4 is 20.7 Å². The van der Waals surface area contributed by atoms with Crippen LogP contribution in [0.3, 0.4) is 0 Å². The number of thioether (sulfide) groups is 1. The molecule has 2 aromatic carbocycles. The second-order valence-corrected chi connectivity index (χ2v) is 7.25. The molecule has 7 nitrogen and oxygen atoms in total. The molecule has 3 N–H and O–H groups in total. The Morgan fingerprint density at radius 2 is 1.86 bits per heavy atom. The molecule has 1 fully saturated rings. The molecular formula is C20H21N3O4S. The monoisotopic (exact) mass is 399 g/mol. The van der Waals surface area contributed by atoms with Crippen LogP contribution in [0, 0.1) is 5.92 Å². The number of ether oxygens (including phenoxy) is 1. The zero-order valence-electron chi connectivity index (χ0n) is 15.4. The van der Waals surface area contributed by atoms with E-state index in [1.54, 1.807) is 40.9 Å². The van der Waals surface area contributed by atoms with Gasteiger partial charge in [0, 0.05) is 29.2 Å². The summed E-state index contributed by atoms with van der Waals surface area (Å²) in [5.41, 5.74) is 6.42. The third-order valence-corrected chi connectivity index (χ3v) is 5.13. The van der Waals surface area contributed by atoms with E-state index in [1.807, 2.05) is 30.5 Å². The number of nitrogens with one attached hydrogen (secondary N) is 1. The number of hydrogen-bond donors (Lipinski definition) is 2. The summed E-state index contributed by atoms with van der Waals surface area (Å²) in [6, 6.07) is 14.3. The molecule has 2 aromatic rings. The predicted octanol–water partition coefficient (Wildman–Crippen LogP) is 2.26. The molecule has 1 unspecified atom stereocenters. The minimum Gasteiger partial charge on any atom is -0.484 e. The van der Waals surface area contributed by atoms with Gasteiger partial charge in [-0.3, -0.25) is 14.4 Å². The first-order chi connectivity index (χ1) is 13.5. The van der Waals surface area contributed by atoms with E-state index in [2.05, 4.69) is 5.32 Å². The van der Waals surface area contributed by atoms with Crippen LogP contribution in [0.15, 0.2) is 53.4 Å². The largest absolute Gasteiger partial charge is 0.484 e. The minimum atomic E-state index is -0.559. The van der Waals surface area contributed by atoms with Gasteiger partial charge >= 0.3 is 0 Å². The maximum atomic E-state index is 12.6. The van der Waals surface area contributed by atoms with E-state index in [-0.39, 0.29) is 24.8 Å². The van der Waals surface area contributed by atoms with Gasteiger partial charge in [-0.1, -0.05) is 0 Å². The Morgan fingerprint density at radius 3 is 2.46 bits per heavy atom. The highest BCUT2D eigenvalue weighted by molar-refractivity contribution is 7.98. The molecule has 1 heterocycles. The number of amides is 3. The van der Waals surface area contributed by atoms with Crippen molar-refractivity contribution in [3.63, 3.8) is 0 Å². The highest BCUT2D eigenvalue weighted by atomic mass is 32.2. The maximum absolute atomic E-state index is 12.6. The second kappa shape index (κ2) is 8.79. The molecule has 0 aromatic heterocycles. The van der Waals surface area contributed by atoms with Gasteiger partial charge in [0.2, 0.25) is 11.8 Å². The summed E-state index contributed by atoms with van der Waals surface area (Å²) < 4.78 is 5.18. The molecule has 3 amide bonds. The van der Waals surface area contributed by atoms with Crippen LogP contribution in [0.25, 0.3) is 0 Å². The van der Waals surface area contributed by atoms with Crippen LogP contribution in [0.1, 0.15) is 6.42 Å². The highest BCUT2D eigenvalue weighted by Crippen LogP contribution is 2.28. The zero-order chi connectivity index (χ0) is 20.1. The summed E-state index contributed by atoms with van der Waals surface area (Å²) in [6.45, 7) is 0.146. The number of nitrogens with zero attached hydrogens (tertiary/aromatic N) is 1. The van der Waals surface area contributed by atoms with Gasteiger partial charge in [-0.05, 0) is 54.8 Å². The first-order valence-corrected chi connectivity index (χ1v) is 9.95. The number of anilines is 2. The quantitative estimate of drug-likeness (QED) is 0.696. The number of carbonyl (C=O) groups is 3. The molecule has 1 aliphatic heterocycles. The van der Waals surface area contributed by atoms with Crippen LogP contribution in [0.5, 0.6) is 5.75 Å². The average Bonchev–Trinajstić information content (AvgIpc) is 3.09. The fourth-order valence-electron chi connectivity index (χ4n) is 2.93. The van der Waals surface area contributed by atoms with Gasteiger partial charge in [0.05, 0.1) is 5.92 Å². The van der Waals surface area contributed by atoms with E-state index in [1.165, 1.54) is 0 Å². The summed E-state index contributed by atoms with van der Waals surface area (Å²) in [7, 11) is 0. The molecule has 8 heteroatoms. The van der Waals surface area contributed by atoms with Crippen molar-refractivity contribution in [1.29, 1.82) is 0 Å². The van der Waals surface area contributed by atoms with Gasteiger partial charge in [-0.15, -0.1) is 11.8 Å². The smallest absolute Gasteiger partial charge is 0.255 e. The van der Waals surface area contributed by atoms with Crippen molar-refractivity contribution in [2.45, 2.75) is 11.3 Å². The predicted molar refractivity (Wildman–Crippen MR) is 108 cm³/mol. The number of nitrogens with two attached hydrogens (primary N) is 1. The third-order valence-electron chi connectivity index (χ3n) is 4.38. The van der Waals surface area contributed by atoms with Crippen molar-refractivity contribution >= 4 is 40.9 Å². The zero-order valence-corrected chi connectivity index (χ0v) is 16.2. The van der Waals surface area contributed by atoms with Crippen molar-refractivity contribution in [3.8, 4) is 5.75 Å². The van der Waals surface area contributed by atoms with Crippen LogP contribution in [-0.4, -0.2) is 37.1 Å². The second-order valence-electron chi connectivity index (χ2n) is 6.37. The summed E-state index contributed by atoms with van der Waals surface area (Å²) in [4.78, 5) is 38.4. The highest BCUT2D eigenvalue weighted by Gasteiger charge is 2.35. The van der Waals surface area contributed by atoms with E-state index in [9.17, 15) is 14.4 Å². The standard InChI is InChI=1S/C20H21N3O4S/c1-28-17-8-4-15(5-9-17)23-11-13(10-19(23)25)20(26)22-14-2-6-16(7-3-14)27-12-18(21)24/h2-9,13H,10-12H2,1H3,(H2,21,24)(H,22,26). The topological polar surface area (TPSA) is 102 Å². The Hall–Kier alpha value is -3.00. The van der Waals surface area contributed by atoms with Crippen molar-refractivity contribution in [2.24, 2.45) is 11.7 Å². The van der Waals surface area contributed by atoms with E-state index in [0.717, 1.165) is 10.6 Å². The van der Waals surface area contributed by atoms with E-state index < -0.39 is 11.8 Å². The molecule has 0 radical (unpaired) electrons. The Morgan fingerprint density at radius 1 is 1.18 bits per heavy atom. The minimum absolute atomic E-state index is 0.0627. The first-order valence-electron chi connectivity index (χ1n) is 8.72. The third kappa shape index (κ3) is 4.83. The molecular weight excluding hydrogens is 378 g/mol. The van der Waals surface area contributed by atoms with Gasteiger partial charge in [-0.25, -0.2) is 0 Å². The van der Waals surface area contributed by atoms with Crippen LogP contribution in [-0.2, 0) is 14.4 Å². The molecule has 0 bridgehead atoms. The SMILES string of the molecule is CSc1ccc(N2CC(C(=O)Nc3ccc(OCC(N)=O)cc3)CC2=O)cc1. The molecule has 146 valence electrons. The normalized spacial score (nSPS) is 16.1. The Labute approximate surface area is 167 Å². The van der Waals surface area contributed by atoms with Gasteiger partial charge in [0.15, 0.2) is 6.61 Å². The van der Waals surface area contributed by atoms with Crippen molar-refractivity contribution in [1.82, 2.24) is 0 Å². The molecule has 1 aliphatic rings. The number of primary amides is 1. The van der Waals surface area contributed by atoms with Crippen molar-refractivity contribution in [2.75, 3.05) is 29.6 Å².